The van der Waals surface area contributed by atoms with Gasteiger partial charge in [-0.05, 0) is 36.3 Å². The lowest BCUT2D eigenvalue weighted by Gasteiger charge is -2.37. The fourth-order valence-electron chi connectivity index (χ4n) is 3.92. The average Bonchev–Trinajstić information content (AvgIpc) is 2.65. The molecule has 0 fully saturated rings. The second-order valence-electron chi connectivity index (χ2n) is 9.02. The van der Waals surface area contributed by atoms with Gasteiger partial charge in [-0.15, -0.1) is 0 Å². The first-order valence-electron chi connectivity index (χ1n) is 11.2. The number of rotatable bonds is 14. The first kappa shape index (κ1) is 27.4. The number of aliphatic hydroxyl groups excluding tert-OH is 1. The topological polar surface area (TPSA) is 101 Å². The van der Waals surface area contributed by atoms with Crippen LogP contribution in [0.5, 0.6) is 0 Å². The molecule has 178 valence electrons. The predicted molar refractivity (Wildman–Crippen MR) is 122 cm³/mol. The van der Waals surface area contributed by atoms with Crippen molar-refractivity contribution in [1.82, 2.24) is 4.90 Å². The van der Waals surface area contributed by atoms with Crippen molar-refractivity contribution in [2.24, 2.45) is 5.41 Å². The SMILES string of the molecule is CCCCCCCCOC(=O)/C(=C1\C=C(N(CC=O)CCO)CC(C)(C)C1)S(C)(=O)=O. The summed E-state index contributed by atoms with van der Waals surface area (Å²) < 4.78 is 30.4. The largest absolute Gasteiger partial charge is 0.462 e. The number of allylic oxidation sites excluding steroid dienone is 3. The zero-order chi connectivity index (χ0) is 23.5. The van der Waals surface area contributed by atoms with Crippen molar-refractivity contribution in [3.8, 4) is 0 Å². The van der Waals surface area contributed by atoms with Gasteiger partial charge in [-0.2, -0.15) is 0 Å². The van der Waals surface area contributed by atoms with Gasteiger partial charge in [0.25, 0.3) is 0 Å². The molecule has 0 heterocycles. The number of ether oxygens (including phenoxy) is 1. The van der Waals surface area contributed by atoms with Gasteiger partial charge in [0, 0.05) is 18.5 Å². The lowest BCUT2D eigenvalue weighted by atomic mass is 9.76. The summed E-state index contributed by atoms with van der Waals surface area (Å²) in [6.07, 6.45) is 10.7. The molecule has 1 N–H and O–H groups in total. The molecule has 0 aliphatic heterocycles. The van der Waals surface area contributed by atoms with Gasteiger partial charge < -0.3 is 19.5 Å². The van der Waals surface area contributed by atoms with E-state index in [1.54, 1.807) is 11.0 Å². The molecule has 0 amide bonds. The van der Waals surface area contributed by atoms with E-state index < -0.39 is 15.8 Å². The van der Waals surface area contributed by atoms with Crippen LogP contribution in [-0.4, -0.2) is 63.2 Å². The Morgan fingerprint density at radius 1 is 1.19 bits per heavy atom. The van der Waals surface area contributed by atoms with Gasteiger partial charge in [0.2, 0.25) is 0 Å². The molecule has 7 nitrogen and oxygen atoms in total. The Balaban J connectivity index is 3.11. The highest BCUT2D eigenvalue weighted by atomic mass is 32.2. The van der Waals surface area contributed by atoms with E-state index in [9.17, 15) is 23.1 Å². The Morgan fingerprint density at radius 3 is 2.42 bits per heavy atom. The lowest BCUT2D eigenvalue weighted by molar-refractivity contribution is -0.138. The van der Waals surface area contributed by atoms with Crippen molar-refractivity contribution in [3.05, 3.63) is 22.3 Å². The number of sulfone groups is 1. The van der Waals surface area contributed by atoms with Crippen LogP contribution in [0.2, 0.25) is 0 Å². The van der Waals surface area contributed by atoms with E-state index in [-0.39, 0.29) is 36.6 Å². The van der Waals surface area contributed by atoms with Crippen LogP contribution < -0.4 is 0 Å². The highest BCUT2D eigenvalue weighted by Crippen LogP contribution is 2.41. The number of nitrogens with zero attached hydrogens (tertiary/aromatic N) is 1. The van der Waals surface area contributed by atoms with Crippen LogP contribution in [-0.2, 0) is 24.2 Å². The first-order valence-corrected chi connectivity index (χ1v) is 13.0. The van der Waals surface area contributed by atoms with Crippen LogP contribution in [0, 0.1) is 5.41 Å². The summed E-state index contributed by atoms with van der Waals surface area (Å²) in [5.74, 6) is -0.816. The summed E-state index contributed by atoms with van der Waals surface area (Å²) in [6, 6.07) is 0. The second-order valence-corrected chi connectivity index (χ2v) is 11.0. The van der Waals surface area contributed by atoms with Crippen molar-refractivity contribution in [1.29, 1.82) is 0 Å². The minimum Gasteiger partial charge on any atom is -0.462 e. The molecule has 0 radical (unpaired) electrons. The normalized spacial score (nSPS) is 17.6. The molecule has 0 atom stereocenters. The van der Waals surface area contributed by atoms with E-state index in [4.69, 9.17) is 4.74 Å². The van der Waals surface area contributed by atoms with Crippen LogP contribution in [0.15, 0.2) is 22.3 Å². The third kappa shape index (κ3) is 9.56. The van der Waals surface area contributed by atoms with Gasteiger partial charge in [0.1, 0.15) is 6.29 Å². The monoisotopic (exact) mass is 457 g/mol. The quantitative estimate of drug-likeness (QED) is 0.185. The third-order valence-corrected chi connectivity index (χ3v) is 6.49. The van der Waals surface area contributed by atoms with Gasteiger partial charge in [-0.3, -0.25) is 0 Å². The van der Waals surface area contributed by atoms with Crippen LogP contribution in [0.4, 0.5) is 0 Å². The smallest absolute Gasteiger partial charge is 0.350 e. The fraction of sp³-hybridized carbons (Fsp3) is 0.739. The average molecular weight is 458 g/mol. The molecule has 0 aromatic rings. The zero-order valence-corrected chi connectivity index (χ0v) is 20.3. The van der Waals surface area contributed by atoms with Gasteiger partial charge in [-0.25, -0.2) is 13.2 Å². The standard InChI is InChI=1S/C23H39NO6S/c1-5-6-7-8-9-10-15-30-22(27)21(31(4,28)29)19-16-20(18-23(2,3)17-19)24(11-13-25)12-14-26/h13,16,26H,5-12,14-15,17-18H2,1-4H3/b21-19-. The molecule has 8 heteroatoms. The molecule has 0 aromatic carbocycles. The van der Waals surface area contributed by atoms with E-state index in [1.807, 2.05) is 13.8 Å². The molecular formula is C23H39NO6S. The second kappa shape index (κ2) is 13.0. The number of esters is 1. The molecule has 0 saturated carbocycles. The summed E-state index contributed by atoms with van der Waals surface area (Å²) in [4.78, 5) is 25.3. The lowest BCUT2D eigenvalue weighted by Crippen LogP contribution is -2.33. The zero-order valence-electron chi connectivity index (χ0n) is 19.5. The number of hydrogen-bond donors (Lipinski definition) is 1. The molecule has 0 saturated heterocycles. The Kier molecular flexibility index (Phi) is 11.5. The summed E-state index contributed by atoms with van der Waals surface area (Å²) in [7, 11) is -3.82. The van der Waals surface area contributed by atoms with E-state index in [2.05, 4.69) is 6.92 Å². The van der Waals surface area contributed by atoms with Crippen molar-refractivity contribution in [3.63, 3.8) is 0 Å². The van der Waals surface area contributed by atoms with E-state index in [0.29, 0.717) is 24.8 Å². The van der Waals surface area contributed by atoms with Gasteiger partial charge in [-0.1, -0.05) is 52.9 Å². The maximum Gasteiger partial charge on any atom is 0.350 e. The van der Waals surface area contributed by atoms with Crippen molar-refractivity contribution in [2.45, 2.75) is 72.1 Å². The number of unbranched alkanes of at least 4 members (excludes halogenated alkanes) is 5. The van der Waals surface area contributed by atoms with E-state index in [1.165, 1.54) is 6.42 Å². The van der Waals surface area contributed by atoms with Crippen LogP contribution in [0.1, 0.15) is 72.1 Å². The van der Waals surface area contributed by atoms with Crippen LogP contribution in [0.25, 0.3) is 0 Å². The van der Waals surface area contributed by atoms with Gasteiger partial charge in [0.05, 0.1) is 19.8 Å². The highest BCUT2D eigenvalue weighted by molar-refractivity contribution is 7.95. The summed E-state index contributed by atoms with van der Waals surface area (Å²) in [6.45, 7) is 6.52. The summed E-state index contributed by atoms with van der Waals surface area (Å²) in [5.41, 5.74) is 0.818. The van der Waals surface area contributed by atoms with Crippen LogP contribution >= 0.6 is 0 Å². The molecular weight excluding hydrogens is 418 g/mol. The molecule has 0 spiro atoms. The molecule has 1 aliphatic carbocycles. The minimum atomic E-state index is -3.82. The third-order valence-electron chi connectivity index (χ3n) is 5.32. The van der Waals surface area contributed by atoms with Gasteiger partial charge >= 0.3 is 5.97 Å². The molecule has 0 bridgehead atoms. The summed E-state index contributed by atoms with van der Waals surface area (Å²) >= 11 is 0. The van der Waals surface area contributed by atoms with Crippen LogP contribution in [0.3, 0.4) is 0 Å². The first-order chi connectivity index (χ1) is 14.6. The van der Waals surface area contributed by atoms with Crippen molar-refractivity contribution in [2.75, 3.05) is 32.6 Å². The van der Waals surface area contributed by atoms with Gasteiger partial charge in [0.15, 0.2) is 14.7 Å². The Bertz CT molecular complexity index is 767. The number of aldehydes is 1. The Labute approximate surface area is 187 Å². The van der Waals surface area contributed by atoms with E-state index in [0.717, 1.165) is 43.9 Å². The molecule has 1 aliphatic rings. The number of hydrogen-bond acceptors (Lipinski definition) is 7. The maximum absolute atomic E-state index is 12.8. The van der Waals surface area contributed by atoms with Crippen molar-refractivity contribution < 1.29 is 27.9 Å². The molecule has 0 aromatic heterocycles. The highest BCUT2D eigenvalue weighted by Gasteiger charge is 2.34. The van der Waals surface area contributed by atoms with E-state index >= 15 is 0 Å². The Morgan fingerprint density at radius 2 is 1.84 bits per heavy atom. The fourth-order valence-corrected chi connectivity index (χ4v) is 4.89. The summed E-state index contributed by atoms with van der Waals surface area (Å²) in [5, 5.41) is 9.34. The number of aliphatic hydroxyl groups is 1. The number of carbonyl (C=O) groups excluding carboxylic acids is 2. The minimum absolute atomic E-state index is 0.0897. The maximum atomic E-state index is 12.8. The Hall–Kier alpha value is -1.67. The molecule has 31 heavy (non-hydrogen) atoms. The van der Waals surface area contributed by atoms with Crippen molar-refractivity contribution >= 4 is 22.1 Å². The predicted octanol–water partition coefficient (Wildman–Crippen LogP) is 3.39. The molecule has 1 rings (SSSR count). The number of carbonyl (C=O) groups is 2. The molecule has 0 unspecified atom stereocenters.